The second kappa shape index (κ2) is 20.2. The number of aliphatic hydroxyl groups is 1. The Bertz CT molecular complexity index is 3000. The van der Waals surface area contributed by atoms with Crippen molar-refractivity contribution in [1.29, 1.82) is 0 Å². The van der Waals surface area contributed by atoms with Crippen LogP contribution < -0.4 is 26.0 Å². The van der Waals surface area contributed by atoms with Crippen molar-refractivity contribution in [1.82, 2.24) is 51.0 Å². The minimum atomic E-state index is -0.669. The molecule has 3 saturated carbocycles. The Labute approximate surface area is 396 Å². The van der Waals surface area contributed by atoms with Crippen LogP contribution in [0.2, 0.25) is 10.0 Å². The maximum absolute atomic E-state index is 13.3. The first-order valence-corrected chi connectivity index (χ1v) is 22.1. The van der Waals surface area contributed by atoms with Crippen molar-refractivity contribution < 1.29 is 38.1 Å². The Hall–Kier alpha value is -7.45. The Morgan fingerprint density at radius 1 is 0.676 bits per heavy atom. The first-order chi connectivity index (χ1) is 32.7. The van der Waals surface area contributed by atoms with Gasteiger partial charge in [-0.15, -0.1) is 0 Å². The van der Waals surface area contributed by atoms with E-state index in [1.165, 1.54) is 43.0 Å². The van der Waals surface area contributed by atoms with E-state index in [2.05, 4.69) is 68.2 Å². The molecule has 2 bridgehead atoms. The number of nitrogens with zero attached hydrogens (tertiary/aromatic N) is 6. The first-order valence-electron chi connectivity index (χ1n) is 21.3. The minimum Gasteiger partial charge on any atom is -0.509 e. The molecule has 4 aromatic heterocycles. The lowest BCUT2D eigenvalue weighted by molar-refractivity contribution is -0.158. The van der Waals surface area contributed by atoms with Crippen molar-refractivity contribution in [3.63, 3.8) is 0 Å². The lowest BCUT2D eigenvalue weighted by Gasteiger charge is -2.51. The van der Waals surface area contributed by atoms with Gasteiger partial charge in [0.15, 0.2) is 23.0 Å². The molecule has 7 aromatic rings. The molecule has 3 aliphatic rings. The number of carbonyl (C=O) groups is 3. The molecule has 0 unspecified atom stereocenters. The van der Waals surface area contributed by atoms with E-state index in [4.69, 9.17) is 33.0 Å². The fraction of sp³-hybridized carbons (Fsp3) is 0.283. The van der Waals surface area contributed by atoms with E-state index >= 15 is 0 Å². The number of amides is 2. The Morgan fingerprint density at radius 2 is 1.16 bits per heavy atom. The number of halogens is 4. The number of aliphatic hydroxyl groups excluding tert-OH is 1. The number of H-pyrrole nitrogens is 2. The van der Waals surface area contributed by atoms with Gasteiger partial charge in [-0.3, -0.25) is 24.6 Å². The molecule has 0 saturated heterocycles. The van der Waals surface area contributed by atoms with Crippen LogP contribution in [0, 0.1) is 22.5 Å². The molecule has 4 heterocycles. The Balaban J connectivity index is 0.000000184. The lowest BCUT2D eigenvalue weighted by atomic mass is 9.53. The summed E-state index contributed by atoms with van der Waals surface area (Å²) in [4.78, 5) is 53.8. The number of benzene rings is 3. The molecule has 0 radical (unpaired) electrons. The summed E-state index contributed by atoms with van der Waals surface area (Å²) in [6, 6.07) is 15.8. The summed E-state index contributed by atoms with van der Waals surface area (Å²) in [7, 11) is 0. The number of carbonyl (C=O) groups excluding carboxylic acids is 2. The molecule has 68 heavy (non-hydrogen) atoms. The zero-order valence-electron chi connectivity index (χ0n) is 36.1. The quantitative estimate of drug-likeness (QED) is 0.0427. The summed E-state index contributed by atoms with van der Waals surface area (Å²) in [5.74, 6) is -1.02. The van der Waals surface area contributed by atoms with Crippen molar-refractivity contribution in [2.45, 2.75) is 58.2 Å². The van der Waals surface area contributed by atoms with Crippen molar-refractivity contribution >= 4 is 74.7 Å². The predicted molar refractivity (Wildman–Crippen MR) is 248 cm³/mol. The summed E-state index contributed by atoms with van der Waals surface area (Å²) >= 11 is 11.6. The van der Waals surface area contributed by atoms with E-state index in [0.717, 1.165) is 24.8 Å². The molecule has 3 fully saturated rings. The van der Waals surface area contributed by atoms with E-state index in [1.807, 2.05) is 12.1 Å². The summed E-state index contributed by atoms with van der Waals surface area (Å²) < 4.78 is 32.0. The van der Waals surface area contributed by atoms with Crippen LogP contribution in [-0.4, -0.2) is 81.5 Å². The smallest absolute Gasteiger partial charge is 0.309 e. The molecule has 352 valence electrons. The number of hydrogen-bond donors (Lipinski definition) is 8. The summed E-state index contributed by atoms with van der Waals surface area (Å²) in [5.41, 5.74) is 3.81. The number of aromatic amines is 2. The third-order valence-electron chi connectivity index (χ3n) is 12.3. The van der Waals surface area contributed by atoms with Crippen LogP contribution in [0.5, 0.6) is 5.75 Å². The molecule has 3 aromatic carbocycles. The first kappa shape index (κ1) is 47.1. The normalized spacial score (nSPS) is 17.2. The number of hydrogen-bond acceptors (Lipinski definition) is 13. The molecular weight excluding hydrogens is 925 g/mol. The number of aliphatic carboxylic acids is 1. The molecule has 0 spiro atoms. The molecule has 0 aliphatic heterocycles. The van der Waals surface area contributed by atoms with Gasteiger partial charge in [0, 0.05) is 26.2 Å². The van der Waals surface area contributed by atoms with Gasteiger partial charge in [0.25, 0.3) is 11.8 Å². The predicted octanol–water partition coefficient (Wildman–Crippen LogP) is 8.05. The number of ether oxygens (including phenoxy) is 1. The van der Waals surface area contributed by atoms with Crippen molar-refractivity contribution in [3.8, 4) is 5.75 Å². The van der Waals surface area contributed by atoms with Crippen LogP contribution in [0.4, 0.5) is 20.4 Å². The largest absolute Gasteiger partial charge is 0.509 e. The SMILES string of the molecule is C=C(O)COc1ccc(CNc2n[nH]c3c(C(=O)NCc4ccc(F)c(Cl)c4)ncnc23)cc1.O=C(NCc1ccc(F)c(Cl)c1)c1ncnc2c(NCC34CCC(C(=O)O)(CC3)CC4)n[nH]c12. The Kier molecular flexibility index (Phi) is 14.0. The molecule has 18 nitrogen and oxygen atoms in total. The summed E-state index contributed by atoms with van der Waals surface area (Å²) in [5, 5.41) is 44.9. The highest BCUT2D eigenvalue weighted by Crippen LogP contribution is 2.57. The average molecular weight is 970 g/mol. The molecule has 2 amide bonds. The fourth-order valence-electron chi connectivity index (χ4n) is 8.27. The van der Waals surface area contributed by atoms with Crippen LogP contribution in [0.15, 0.2) is 85.7 Å². The van der Waals surface area contributed by atoms with E-state index < -0.39 is 34.8 Å². The third kappa shape index (κ3) is 10.6. The van der Waals surface area contributed by atoms with Crippen molar-refractivity contribution in [3.05, 3.63) is 135 Å². The van der Waals surface area contributed by atoms with E-state index in [-0.39, 0.29) is 52.3 Å². The third-order valence-corrected chi connectivity index (χ3v) is 12.9. The van der Waals surface area contributed by atoms with Crippen LogP contribution >= 0.6 is 23.2 Å². The van der Waals surface area contributed by atoms with Gasteiger partial charge >= 0.3 is 5.97 Å². The topological polar surface area (TPSA) is 258 Å². The molecule has 8 N–H and O–H groups in total. The number of anilines is 2. The monoisotopic (exact) mass is 968 g/mol. The average Bonchev–Trinajstić information content (AvgIpc) is 3.98. The lowest BCUT2D eigenvalue weighted by Crippen LogP contribution is -2.48. The maximum Gasteiger partial charge on any atom is 0.309 e. The van der Waals surface area contributed by atoms with Crippen LogP contribution in [0.25, 0.3) is 22.1 Å². The zero-order valence-corrected chi connectivity index (χ0v) is 37.6. The van der Waals surface area contributed by atoms with Gasteiger partial charge in [-0.25, -0.2) is 28.7 Å². The standard InChI is InChI=1S/C23H24ClFN6O3.C23H20ClFN6O3/c24-14-9-13(1-2-15(14)25)10-26-20(32)18-16-17(28-12-29-18)19(31-30-16)27-11-22-3-6-23(7-4-22,8-5-22)21(33)34;1-13(32)11-34-16-5-2-14(3-6-16)9-26-22-20-19(30-31-22)21(29-12-28-20)23(33)27-10-15-4-7-18(25)17(24)8-15/h1-2,9,12H,3-8,10-11H2,(H,26,32)(H,33,34)(H2,27,30,31);2-8,12,32H,1,9-11H2,(H,27,33)(H2,26,30,31). The number of fused-ring (bicyclic) bond motifs is 5. The van der Waals surface area contributed by atoms with Gasteiger partial charge in [-0.05, 0) is 97.0 Å². The van der Waals surface area contributed by atoms with Crippen molar-refractivity contribution in [2.75, 3.05) is 23.8 Å². The number of carboxylic acid groups (broad SMARTS) is 1. The Morgan fingerprint density at radius 3 is 1.63 bits per heavy atom. The number of rotatable bonds is 16. The van der Waals surface area contributed by atoms with Gasteiger partial charge in [-0.1, -0.05) is 54.0 Å². The number of nitrogens with one attached hydrogen (secondary N) is 6. The van der Waals surface area contributed by atoms with Gasteiger partial charge in [0.05, 0.1) is 15.5 Å². The summed E-state index contributed by atoms with van der Waals surface area (Å²) in [6.45, 7) is 4.83. The van der Waals surface area contributed by atoms with Gasteiger partial charge in [0.2, 0.25) is 0 Å². The van der Waals surface area contributed by atoms with Crippen LogP contribution in [0.1, 0.15) is 76.2 Å². The highest BCUT2D eigenvalue weighted by molar-refractivity contribution is 6.31. The van der Waals surface area contributed by atoms with E-state index in [0.29, 0.717) is 82.9 Å². The fourth-order valence-corrected chi connectivity index (χ4v) is 8.68. The highest BCUT2D eigenvalue weighted by atomic mass is 35.5. The second-order valence-electron chi connectivity index (χ2n) is 16.7. The molecule has 3 aliphatic carbocycles. The minimum absolute atomic E-state index is 0.00971. The van der Waals surface area contributed by atoms with Gasteiger partial charge in [0.1, 0.15) is 64.5 Å². The van der Waals surface area contributed by atoms with Crippen LogP contribution in [-0.2, 0) is 24.4 Å². The molecule has 22 heteroatoms. The van der Waals surface area contributed by atoms with Crippen molar-refractivity contribution in [2.24, 2.45) is 10.8 Å². The van der Waals surface area contributed by atoms with Gasteiger partial charge < -0.3 is 36.2 Å². The second-order valence-corrected chi connectivity index (χ2v) is 17.5. The molecule has 0 atom stereocenters. The number of carboxylic acids is 1. The highest BCUT2D eigenvalue weighted by Gasteiger charge is 2.52. The van der Waals surface area contributed by atoms with E-state index in [1.54, 1.807) is 18.2 Å². The molecular formula is C46H44Cl2F2N12O6. The van der Waals surface area contributed by atoms with E-state index in [9.17, 15) is 28.3 Å². The van der Waals surface area contributed by atoms with Gasteiger partial charge in [-0.2, -0.15) is 10.2 Å². The number of aromatic nitrogens is 8. The maximum atomic E-state index is 13.3. The molecule has 10 rings (SSSR count). The summed E-state index contributed by atoms with van der Waals surface area (Å²) in [6.07, 6.45) is 7.31. The van der Waals surface area contributed by atoms with Crippen LogP contribution in [0.3, 0.4) is 0 Å². The zero-order chi connectivity index (χ0) is 48.0.